The molecule has 3 aromatic carbocycles. The van der Waals surface area contributed by atoms with Crippen LogP contribution in [0.4, 0.5) is 0 Å². The second-order valence-corrected chi connectivity index (χ2v) is 9.25. The Balaban J connectivity index is 1.41. The van der Waals surface area contributed by atoms with E-state index in [1.54, 1.807) is 13.3 Å². The molecule has 2 atom stereocenters. The van der Waals surface area contributed by atoms with Crippen molar-refractivity contribution in [3.8, 4) is 5.75 Å². The third-order valence-electron chi connectivity index (χ3n) is 6.92. The number of benzene rings is 3. The highest BCUT2D eigenvalue weighted by atomic mass is 79.9. The van der Waals surface area contributed by atoms with Crippen LogP contribution < -0.4 is 4.74 Å². The van der Waals surface area contributed by atoms with Crippen molar-refractivity contribution in [1.29, 1.82) is 0 Å². The number of nitrogens with zero attached hydrogens (tertiary/aromatic N) is 2. The van der Waals surface area contributed by atoms with E-state index >= 15 is 0 Å². The average Bonchev–Trinajstić information content (AvgIpc) is 3.08. The molecule has 2 bridgehead atoms. The van der Waals surface area contributed by atoms with Gasteiger partial charge in [-0.2, -0.15) is 10.1 Å². The summed E-state index contributed by atoms with van der Waals surface area (Å²) < 4.78 is 6.04. The summed E-state index contributed by atoms with van der Waals surface area (Å²) in [5.41, 5.74) is 5.39. The standard InChI is InChI=1S/C26H19BrN2O3/c1-32-20-11-10-14(12-19(20)27)13-28-29-25(30)23-21-15-6-2-3-7-16(15)22(24(23)26(29)31)18-9-5-4-8-17(18)21/h2-13,21-24H,1H3/b28-13-/t21?,22?,23-,24-/m1/s1. The average molecular weight is 487 g/mol. The fourth-order valence-electron chi connectivity index (χ4n) is 5.66. The van der Waals surface area contributed by atoms with Gasteiger partial charge in [-0.1, -0.05) is 48.5 Å². The molecule has 32 heavy (non-hydrogen) atoms. The monoisotopic (exact) mass is 486 g/mol. The zero-order chi connectivity index (χ0) is 22.0. The molecule has 5 nitrogen and oxygen atoms in total. The second kappa shape index (κ2) is 7.14. The van der Waals surface area contributed by atoms with Crippen LogP contribution >= 0.6 is 15.9 Å². The van der Waals surface area contributed by atoms with Crippen molar-refractivity contribution in [3.05, 3.63) is 99.0 Å². The van der Waals surface area contributed by atoms with Crippen LogP contribution in [0.2, 0.25) is 0 Å². The smallest absolute Gasteiger partial charge is 0.254 e. The Labute approximate surface area is 193 Å². The van der Waals surface area contributed by atoms with Crippen LogP contribution in [-0.4, -0.2) is 30.1 Å². The third kappa shape index (κ3) is 2.59. The molecule has 3 aromatic rings. The maximum Gasteiger partial charge on any atom is 0.254 e. The first kappa shape index (κ1) is 19.4. The minimum Gasteiger partial charge on any atom is -0.496 e. The molecule has 0 unspecified atom stereocenters. The molecule has 1 saturated heterocycles. The largest absolute Gasteiger partial charge is 0.496 e. The number of rotatable bonds is 3. The first-order chi connectivity index (χ1) is 15.6. The van der Waals surface area contributed by atoms with E-state index in [1.165, 1.54) is 0 Å². The van der Waals surface area contributed by atoms with Crippen LogP contribution in [0.25, 0.3) is 0 Å². The molecular weight excluding hydrogens is 468 g/mol. The molecule has 0 saturated carbocycles. The maximum atomic E-state index is 13.5. The molecule has 2 amide bonds. The fraction of sp³-hybridized carbons (Fsp3) is 0.192. The number of ether oxygens (including phenoxy) is 1. The quantitative estimate of drug-likeness (QED) is 0.398. The van der Waals surface area contributed by atoms with Gasteiger partial charge in [0, 0.05) is 11.8 Å². The molecular formula is C26H19BrN2O3. The van der Waals surface area contributed by atoms with E-state index in [0.717, 1.165) is 37.3 Å². The highest BCUT2D eigenvalue weighted by Gasteiger charge is 2.61. The molecule has 1 heterocycles. The Morgan fingerprint density at radius 2 is 1.34 bits per heavy atom. The van der Waals surface area contributed by atoms with E-state index in [1.807, 2.05) is 42.5 Å². The predicted octanol–water partition coefficient (Wildman–Crippen LogP) is 4.68. The molecule has 158 valence electrons. The van der Waals surface area contributed by atoms with E-state index in [4.69, 9.17) is 4.74 Å². The van der Waals surface area contributed by atoms with Crippen molar-refractivity contribution in [2.24, 2.45) is 16.9 Å². The molecule has 0 radical (unpaired) electrons. The van der Waals surface area contributed by atoms with Crippen LogP contribution in [0.3, 0.4) is 0 Å². The van der Waals surface area contributed by atoms with Gasteiger partial charge in [0.1, 0.15) is 5.75 Å². The van der Waals surface area contributed by atoms with Gasteiger partial charge in [-0.3, -0.25) is 9.59 Å². The normalized spacial score (nSPS) is 25.1. The Morgan fingerprint density at radius 3 is 1.78 bits per heavy atom. The van der Waals surface area contributed by atoms with Crippen molar-refractivity contribution in [1.82, 2.24) is 5.01 Å². The van der Waals surface area contributed by atoms with Gasteiger partial charge in [0.15, 0.2) is 0 Å². The summed E-state index contributed by atoms with van der Waals surface area (Å²) in [5, 5.41) is 5.43. The van der Waals surface area contributed by atoms with Crippen LogP contribution in [0.1, 0.15) is 39.7 Å². The molecule has 1 aliphatic heterocycles. The zero-order valence-corrected chi connectivity index (χ0v) is 18.8. The fourth-order valence-corrected chi connectivity index (χ4v) is 6.22. The Hall–Kier alpha value is -3.25. The van der Waals surface area contributed by atoms with E-state index in [0.29, 0.717) is 5.75 Å². The third-order valence-corrected chi connectivity index (χ3v) is 7.54. The van der Waals surface area contributed by atoms with Gasteiger partial charge in [0.05, 0.1) is 29.6 Å². The molecule has 6 heteroatoms. The van der Waals surface area contributed by atoms with Gasteiger partial charge in [-0.25, -0.2) is 0 Å². The number of hydrazone groups is 1. The molecule has 4 aliphatic rings. The number of imide groups is 1. The predicted molar refractivity (Wildman–Crippen MR) is 124 cm³/mol. The summed E-state index contributed by atoms with van der Waals surface area (Å²) in [5.74, 6) is -0.818. The number of carbonyl (C=O) groups excluding carboxylic acids is 2. The highest BCUT2D eigenvalue weighted by Crippen LogP contribution is 2.60. The minimum atomic E-state index is -0.419. The maximum absolute atomic E-state index is 13.5. The van der Waals surface area contributed by atoms with Crippen LogP contribution in [0, 0.1) is 11.8 Å². The number of amides is 2. The number of hydrogen-bond acceptors (Lipinski definition) is 4. The van der Waals surface area contributed by atoms with Crippen molar-refractivity contribution in [2.75, 3.05) is 7.11 Å². The summed E-state index contributed by atoms with van der Waals surface area (Å²) in [4.78, 5) is 27.0. The Kier molecular flexibility index (Phi) is 4.33. The van der Waals surface area contributed by atoms with Crippen LogP contribution in [0.5, 0.6) is 5.75 Å². The summed E-state index contributed by atoms with van der Waals surface area (Å²) in [6.07, 6.45) is 1.56. The van der Waals surface area contributed by atoms with Crippen molar-refractivity contribution in [3.63, 3.8) is 0 Å². The van der Waals surface area contributed by atoms with Crippen molar-refractivity contribution in [2.45, 2.75) is 11.8 Å². The lowest BCUT2D eigenvalue weighted by atomic mass is 9.55. The van der Waals surface area contributed by atoms with Gasteiger partial charge >= 0.3 is 0 Å². The molecule has 1 fully saturated rings. The Bertz CT molecular complexity index is 1200. The van der Waals surface area contributed by atoms with Gasteiger partial charge in [0.25, 0.3) is 11.8 Å². The SMILES string of the molecule is COc1ccc(/C=N\N2C(=O)[C@@H]3C4c5ccccc5C(c5ccccc54)[C@H]3C2=O)cc1Br. The number of carbonyl (C=O) groups is 2. The van der Waals surface area contributed by atoms with Gasteiger partial charge < -0.3 is 4.74 Å². The van der Waals surface area contributed by atoms with E-state index in [9.17, 15) is 9.59 Å². The van der Waals surface area contributed by atoms with Crippen molar-refractivity contribution < 1.29 is 14.3 Å². The molecule has 0 aromatic heterocycles. The highest BCUT2D eigenvalue weighted by molar-refractivity contribution is 9.10. The van der Waals surface area contributed by atoms with Gasteiger partial charge in [0.2, 0.25) is 0 Å². The second-order valence-electron chi connectivity index (χ2n) is 8.39. The number of halogens is 1. The lowest BCUT2D eigenvalue weighted by Gasteiger charge is -2.45. The summed E-state index contributed by atoms with van der Waals surface area (Å²) >= 11 is 3.46. The number of hydrogen-bond donors (Lipinski definition) is 0. The lowest BCUT2D eigenvalue weighted by Crippen LogP contribution is -2.41. The number of methoxy groups -OCH3 is 1. The first-order valence-corrected chi connectivity index (χ1v) is 11.3. The van der Waals surface area contributed by atoms with E-state index in [-0.39, 0.29) is 23.7 Å². The van der Waals surface area contributed by atoms with Crippen LogP contribution in [0.15, 0.2) is 76.3 Å². The van der Waals surface area contributed by atoms with Gasteiger partial charge in [-0.05, 0) is 61.9 Å². The molecule has 0 spiro atoms. The molecule has 7 rings (SSSR count). The van der Waals surface area contributed by atoms with E-state index < -0.39 is 11.8 Å². The first-order valence-electron chi connectivity index (χ1n) is 10.5. The van der Waals surface area contributed by atoms with Crippen molar-refractivity contribution >= 4 is 34.0 Å². The van der Waals surface area contributed by atoms with Gasteiger partial charge in [-0.15, -0.1) is 0 Å². The lowest BCUT2D eigenvalue weighted by molar-refractivity contribution is -0.139. The summed E-state index contributed by atoms with van der Waals surface area (Å²) in [6.45, 7) is 0. The summed E-state index contributed by atoms with van der Waals surface area (Å²) in [6, 6.07) is 21.9. The topological polar surface area (TPSA) is 59.0 Å². The minimum absolute atomic E-state index is 0.121. The molecule has 3 aliphatic carbocycles. The zero-order valence-electron chi connectivity index (χ0n) is 17.2. The Morgan fingerprint density at radius 1 is 0.844 bits per heavy atom. The molecule has 0 N–H and O–H groups in total. The van der Waals surface area contributed by atoms with Crippen LogP contribution in [-0.2, 0) is 9.59 Å². The van der Waals surface area contributed by atoms with E-state index in [2.05, 4.69) is 45.3 Å². The summed E-state index contributed by atoms with van der Waals surface area (Å²) in [7, 11) is 1.60.